The molecule has 0 spiro atoms. The summed E-state index contributed by atoms with van der Waals surface area (Å²) in [5.41, 5.74) is 4.80. The molecule has 0 unspecified atom stereocenters. The molecule has 4 N–H and O–H groups in total. The van der Waals surface area contributed by atoms with Gasteiger partial charge < -0.3 is 11.1 Å². The van der Waals surface area contributed by atoms with E-state index in [1.165, 1.54) is 25.7 Å². The average molecular weight is 243 g/mol. The third-order valence-corrected chi connectivity index (χ3v) is 2.43. The van der Waals surface area contributed by atoms with Crippen molar-refractivity contribution in [2.45, 2.75) is 46.0 Å². The number of hydrogen-bond donors (Lipinski definition) is 3. The van der Waals surface area contributed by atoms with Crippen molar-refractivity contribution in [1.29, 1.82) is 0 Å². The third-order valence-electron chi connectivity index (χ3n) is 2.43. The standard InChI is InChI=1S/C12H25N3O2/c1-10(2)7-5-3-4-6-8-14-9-11(16)15-12(13)17/h10,14H,3-9H2,1-2H3,(H3,13,15,16,17). The summed E-state index contributed by atoms with van der Waals surface area (Å²) in [5.74, 6) is 0.405. The number of imide groups is 1. The van der Waals surface area contributed by atoms with Crippen molar-refractivity contribution in [2.75, 3.05) is 13.1 Å². The zero-order valence-electron chi connectivity index (χ0n) is 10.9. The van der Waals surface area contributed by atoms with E-state index in [4.69, 9.17) is 5.73 Å². The maximum Gasteiger partial charge on any atom is 0.318 e. The van der Waals surface area contributed by atoms with Gasteiger partial charge in [-0.2, -0.15) is 0 Å². The van der Waals surface area contributed by atoms with Gasteiger partial charge >= 0.3 is 6.03 Å². The highest BCUT2D eigenvalue weighted by molar-refractivity contribution is 5.94. The molecule has 0 fully saturated rings. The molecule has 100 valence electrons. The monoisotopic (exact) mass is 243 g/mol. The van der Waals surface area contributed by atoms with Crippen LogP contribution in [0.4, 0.5) is 4.79 Å². The van der Waals surface area contributed by atoms with Crippen LogP contribution in [0.15, 0.2) is 0 Å². The number of primary amides is 1. The summed E-state index contributed by atoms with van der Waals surface area (Å²) in [7, 11) is 0. The molecule has 0 aliphatic carbocycles. The van der Waals surface area contributed by atoms with Crippen LogP contribution in [-0.4, -0.2) is 25.0 Å². The van der Waals surface area contributed by atoms with Gasteiger partial charge in [0.25, 0.3) is 0 Å². The van der Waals surface area contributed by atoms with Gasteiger partial charge in [0.2, 0.25) is 5.91 Å². The molecule has 0 aliphatic heterocycles. The van der Waals surface area contributed by atoms with Crippen LogP contribution >= 0.6 is 0 Å². The lowest BCUT2D eigenvalue weighted by Gasteiger charge is -2.05. The molecule has 0 aliphatic rings. The zero-order valence-corrected chi connectivity index (χ0v) is 10.9. The number of carbonyl (C=O) groups is 2. The van der Waals surface area contributed by atoms with Gasteiger partial charge in [0, 0.05) is 0 Å². The molecule has 0 rings (SSSR count). The van der Waals surface area contributed by atoms with Crippen molar-refractivity contribution in [3.63, 3.8) is 0 Å². The van der Waals surface area contributed by atoms with Gasteiger partial charge in [0.15, 0.2) is 0 Å². The Morgan fingerprint density at radius 2 is 1.76 bits per heavy atom. The maximum atomic E-state index is 11.0. The molecule has 5 nitrogen and oxygen atoms in total. The Morgan fingerprint density at radius 1 is 1.12 bits per heavy atom. The number of urea groups is 1. The molecule has 0 saturated carbocycles. The minimum atomic E-state index is -0.800. The minimum absolute atomic E-state index is 0.148. The van der Waals surface area contributed by atoms with E-state index >= 15 is 0 Å². The molecule has 0 aromatic heterocycles. The molecule has 0 bridgehead atoms. The van der Waals surface area contributed by atoms with Crippen LogP contribution in [0.25, 0.3) is 0 Å². The Balaban J connectivity index is 3.18. The Hall–Kier alpha value is -1.10. The number of hydrogen-bond acceptors (Lipinski definition) is 3. The van der Waals surface area contributed by atoms with E-state index in [0.29, 0.717) is 0 Å². The molecular formula is C12H25N3O2. The molecule has 5 heteroatoms. The first-order valence-corrected chi connectivity index (χ1v) is 6.32. The Labute approximate surface area is 104 Å². The van der Waals surface area contributed by atoms with Crippen molar-refractivity contribution in [3.05, 3.63) is 0 Å². The molecule has 0 radical (unpaired) electrons. The van der Waals surface area contributed by atoms with Crippen LogP contribution in [0.2, 0.25) is 0 Å². The minimum Gasteiger partial charge on any atom is -0.351 e. The fraction of sp³-hybridized carbons (Fsp3) is 0.833. The first kappa shape index (κ1) is 15.9. The summed E-state index contributed by atoms with van der Waals surface area (Å²) in [5, 5.41) is 4.97. The van der Waals surface area contributed by atoms with Gasteiger partial charge in [-0.25, -0.2) is 4.79 Å². The first-order chi connectivity index (χ1) is 8.02. The van der Waals surface area contributed by atoms with Gasteiger partial charge in [0.05, 0.1) is 6.54 Å². The normalized spacial score (nSPS) is 10.5. The highest BCUT2D eigenvalue weighted by Crippen LogP contribution is 2.08. The average Bonchev–Trinajstić information content (AvgIpc) is 2.20. The Kier molecular flexibility index (Phi) is 9.43. The summed E-state index contributed by atoms with van der Waals surface area (Å²) in [6, 6.07) is -0.800. The lowest BCUT2D eigenvalue weighted by Crippen LogP contribution is -2.40. The molecule has 0 heterocycles. The molecule has 17 heavy (non-hydrogen) atoms. The molecule has 3 amide bonds. The van der Waals surface area contributed by atoms with Crippen LogP contribution in [0, 0.1) is 5.92 Å². The summed E-state index contributed by atoms with van der Waals surface area (Å²) in [4.78, 5) is 21.3. The van der Waals surface area contributed by atoms with Gasteiger partial charge in [-0.1, -0.05) is 39.5 Å². The number of carbonyl (C=O) groups excluding carboxylic acids is 2. The van der Waals surface area contributed by atoms with E-state index in [0.717, 1.165) is 18.9 Å². The zero-order chi connectivity index (χ0) is 13.1. The van der Waals surface area contributed by atoms with Crippen molar-refractivity contribution in [3.8, 4) is 0 Å². The predicted molar refractivity (Wildman–Crippen MR) is 68.5 cm³/mol. The van der Waals surface area contributed by atoms with E-state index in [1.807, 2.05) is 5.32 Å². The number of rotatable bonds is 9. The molecule has 0 atom stereocenters. The predicted octanol–water partition coefficient (Wildman–Crippen LogP) is 1.38. The fourth-order valence-electron chi connectivity index (χ4n) is 1.54. The summed E-state index contributed by atoms with van der Waals surface area (Å²) in [6.45, 7) is 5.42. The second-order valence-corrected chi connectivity index (χ2v) is 4.69. The van der Waals surface area contributed by atoms with E-state index in [9.17, 15) is 9.59 Å². The Morgan fingerprint density at radius 3 is 2.35 bits per heavy atom. The van der Waals surface area contributed by atoms with Gasteiger partial charge in [0.1, 0.15) is 0 Å². The lowest BCUT2D eigenvalue weighted by atomic mass is 10.0. The van der Waals surface area contributed by atoms with Crippen molar-refractivity contribution >= 4 is 11.9 Å². The molecule has 0 saturated heterocycles. The number of amides is 3. The number of nitrogens with one attached hydrogen (secondary N) is 2. The molecule has 0 aromatic carbocycles. The van der Waals surface area contributed by atoms with Crippen molar-refractivity contribution < 1.29 is 9.59 Å². The number of nitrogens with two attached hydrogens (primary N) is 1. The highest BCUT2D eigenvalue weighted by atomic mass is 16.2. The SMILES string of the molecule is CC(C)CCCCCCNCC(=O)NC(N)=O. The fourth-order valence-corrected chi connectivity index (χ4v) is 1.54. The largest absolute Gasteiger partial charge is 0.351 e. The topological polar surface area (TPSA) is 84.2 Å². The van der Waals surface area contributed by atoms with Crippen molar-refractivity contribution in [1.82, 2.24) is 10.6 Å². The third kappa shape index (κ3) is 12.8. The Bertz CT molecular complexity index is 230. The second-order valence-electron chi connectivity index (χ2n) is 4.69. The van der Waals surface area contributed by atoms with Crippen LogP contribution in [0.1, 0.15) is 46.0 Å². The lowest BCUT2D eigenvalue weighted by molar-refractivity contribution is -0.119. The van der Waals surface area contributed by atoms with E-state index in [-0.39, 0.29) is 12.5 Å². The smallest absolute Gasteiger partial charge is 0.318 e. The summed E-state index contributed by atoms with van der Waals surface area (Å²) in [6.07, 6.45) is 6.04. The van der Waals surface area contributed by atoms with Crippen LogP contribution in [0.5, 0.6) is 0 Å². The maximum absolute atomic E-state index is 11.0. The van der Waals surface area contributed by atoms with E-state index < -0.39 is 6.03 Å². The molecule has 0 aromatic rings. The van der Waals surface area contributed by atoms with Crippen LogP contribution in [0.3, 0.4) is 0 Å². The first-order valence-electron chi connectivity index (χ1n) is 6.32. The van der Waals surface area contributed by atoms with Crippen molar-refractivity contribution in [2.24, 2.45) is 11.7 Å². The quantitative estimate of drug-likeness (QED) is 0.535. The van der Waals surface area contributed by atoms with Crippen LogP contribution in [-0.2, 0) is 4.79 Å². The second kappa shape index (κ2) is 10.1. The van der Waals surface area contributed by atoms with Gasteiger partial charge in [-0.15, -0.1) is 0 Å². The van der Waals surface area contributed by atoms with Gasteiger partial charge in [-0.3, -0.25) is 10.1 Å². The highest BCUT2D eigenvalue weighted by Gasteiger charge is 2.02. The number of unbranched alkanes of at least 4 members (excludes halogenated alkanes) is 3. The summed E-state index contributed by atoms with van der Waals surface area (Å²) >= 11 is 0. The van der Waals surface area contributed by atoms with Gasteiger partial charge in [-0.05, 0) is 18.9 Å². The van der Waals surface area contributed by atoms with Crippen LogP contribution < -0.4 is 16.4 Å². The van der Waals surface area contributed by atoms with E-state index in [2.05, 4.69) is 19.2 Å². The molecular weight excluding hydrogens is 218 g/mol. The van der Waals surface area contributed by atoms with E-state index in [1.54, 1.807) is 0 Å². The summed E-state index contributed by atoms with van der Waals surface area (Å²) < 4.78 is 0.